The van der Waals surface area contributed by atoms with Crippen LogP contribution >= 0.6 is 0 Å². The Hall–Kier alpha value is -1.61. The summed E-state index contributed by atoms with van der Waals surface area (Å²) in [5, 5.41) is 5.84. The van der Waals surface area contributed by atoms with Crippen LogP contribution in [0.1, 0.15) is 19.3 Å². The fraction of sp³-hybridized carbons (Fsp3) is 0.400. The number of hydrogen-bond acceptors (Lipinski definition) is 3. The highest BCUT2D eigenvalue weighted by Crippen LogP contribution is 2.21. The van der Waals surface area contributed by atoms with Crippen LogP contribution < -0.4 is 5.32 Å². The number of benzene rings is 1. The second kappa shape index (κ2) is 5.36. The van der Waals surface area contributed by atoms with Crippen LogP contribution in [0.4, 0.5) is 5.82 Å². The first-order valence-corrected chi connectivity index (χ1v) is 6.63. The average Bonchev–Trinajstić information content (AvgIpc) is 2.92. The summed E-state index contributed by atoms with van der Waals surface area (Å²) >= 11 is 0. The Kier molecular flexibility index (Phi) is 3.42. The van der Waals surface area contributed by atoms with E-state index in [0.717, 1.165) is 25.4 Å². The van der Waals surface area contributed by atoms with Crippen LogP contribution in [0.25, 0.3) is 10.8 Å². The molecule has 0 aliphatic carbocycles. The number of aromatic nitrogens is 1. The van der Waals surface area contributed by atoms with Gasteiger partial charge >= 0.3 is 0 Å². The zero-order valence-corrected chi connectivity index (χ0v) is 10.4. The minimum Gasteiger partial charge on any atom is -0.378 e. The first kappa shape index (κ1) is 11.5. The van der Waals surface area contributed by atoms with Crippen molar-refractivity contribution in [1.82, 2.24) is 4.98 Å². The van der Waals surface area contributed by atoms with Crippen LogP contribution in [0.3, 0.4) is 0 Å². The predicted octanol–water partition coefficient (Wildman–Crippen LogP) is 3.22. The third-order valence-corrected chi connectivity index (χ3v) is 3.46. The molecule has 0 radical (unpaired) electrons. The first-order chi connectivity index (χ1) is 8.93. The molecular weight excluding hydrogens is 224 g/mol. The van der Waals surface area contributed by atoms with Crippen LogP contribution in [0.2, 0.25) is 0 Å². The predicted molar refractivity (Wildman–Crippen MR) is 73.8 cm³/mol. The van der Waals surface area contributed by atoms with Gasteiger partial charge in [0.1, 0.15) is 5.82 Å². The van der Waals surface area contributed by atoms with Gasteiger partial charge in [0.25, 0.3) is 0 Å². The van der Waals surface area contributed by atoms with Crippen molar-refractivity contribution in [1.29, 1.82) is 0 Å². The molecule has 1 saturated heterocycles. The lowest BCUT2D eigenvalue weighted by Gasteiger charge is -2.11. The maximum atomic E-state index is 5.62. The second-order valence-corrected chi connectivity index (χ2v) is 4.73. The number of ether oxygens (including phenoxy) is 1. The van der Waals surface area contributed by atoms with Gasteiger partial charge in [-0.15, -0.1) is 0 Å². The molecule has 18 heavy (non-hydrogen) atoms. The van der Waals surface area contributed by atoms with Gasteiger partial charge in [0.05, 0.1) is 6.10 Å². The molecule has 3 rings (SSSR count). The Bertz CT molecular complexity index is 515. The molecule has 2 heterocycles. The standard InChI is InChI=1S/C15H18N2O/c1-2-6-14-12(4-1)7-9-16-15(14)17-10-8-13-5-3-11-18-13/h1-2,4,6-7,9,13H,3,5,8,10-11H2,(H,16,17). The van der Waals surface area contributed by atoms with E-state index in [1.165, 1.54) is 23.6 Å². The number of pyridine rings is 1. The largest absolute Gasteiger partial charge is 0.378 e. The summed E-state index contributed by atoms with van der Waals surface area (Å²) in [7, 11) is 0. The van der Waals surface area contributed by atoms with E-state index in [-0.39, 0.29) is 0 Å². The Morgan fingerprint density at radius 1 is 1.28 bits per heavy atom. The molecule has 2 aromatic rings. The van der Waals surface area contributed by atoms with E-state index in [0.29, 0.717) is 6.10 Å². The lowest BCUT2D eigenvalue weighted by atomic mass is 10.1. The van der Waals surface area contributed by atoms with Crippen LogP contribution in [-0.4, -0.2) is 24.2 Å². The molecule has 94 valence electrons. The van der Waals surface area contributed by atoms with Crippen molar-refractivity contribution < 1.29 is 4.74 Å². The number of hydrogen-bond donors (Lipinski definition) is 1. The van der Waals surface area contributed by atoms with Crippen molar-refractivity contribution in [2.75, 3.05) is 18.5 Å². The summed E-state index contributed by atoms with van der Waals surface area (Å²) in [5.41, 5.74) is 0. The zero-order valence-electron chi connectivity index (χ0n) is 10.4. The zero-order chi connectivity index (χ0) is 12.2. The highest BCUT2D eigenvalue weighted by Gasteiger charge is 2.14. The summed E-state index contributed by atoms with van der Waals surface area (Å²) in [6.45, 7) is 1.85. The van der Waals surface area contributed by atoms with E-state index in [9.17, 15) is 0 Å². The van der Waals surface area contributed by atoms with E-state index in [1.54, 1.807) is 0 Å². The number of nitrogens with zero attached hydrogens (tertiary/aromatic N) is 1. The van der Waals surface area contributed by atoms with Gasteiger partial charge in [-0.05, 0) is 30.7 Å². The molecule has 1 unspecified atom stereocenters. The summed E-state index contributed by atoms with van der Waals surface area (Å²) in [5.74, 6) is 0.978. The summed E-state index contributed by atoms with van der Waals surface area (Å²) < 4.78 is 5.62. The Labute approximate surface area is 107 Å². The molecule has 3 nitrogen and oxygen atoms in total. The number of nitrogens with one attached hydrogen (secondary N) is 1. The van der Waals surface area contributed by atoms with Crippen molar-refractivity contribution in [2.24, 2.45) is 0 Å². The fourth-order valence-corrected chi connectivity index (χ4v) is 2.48. The molecule has 1 fully saturated rings. The molecule has 1 aromatic carbocycles. The number of anilines is 1. The second-order valence-electron chi connectivity index (χ2n) is 4.73. The molecular formula is C15H18N2O. The molecule has 0 spiro atoms. The van der Waals surface area contributed by atoms with Crippen molar-refractivity contribution >= 4 is 16.6 Å². The summed E-state index contributed by atoms with van der Waals surface area (Å²) in [6, 6.07) is 10.4. The number of fused-ring (bicyclic) bond motifs is 1. The minimum atomic E-state index is 0.437. The average molecular weight is 242 g/mol. The Morgan fingerprint density at radius 3 is 3.11 bits per heavy atom. The monoisotopic (exact) mass is 242 g/mol. The van der Waals surface area contributed by atoms with E-state index >= 15 is 0 Å². The highest BCUT2D eigenvalue weighted by molar-refractivity contribution is 5.91. The van der Waals surface area contributed by atoms with Gasteiger partial charge in [0.2, 0.25) is 0 Å². The van der Waals surface area contributed by atoms with Gasteiger partial charge in [-0.25, -0.2) is 4.98 Å². The van der Waals surface area contributed by atoms with Crippen LogP contribution in [0.15, 0.2) is 36.5 Å². The smallest absolute Gasteiger partial charge is 0.133 e. The Balaban J connectivity index is 1.66. The molecule has 1 N–H and O–H groups in total. The molecule has 0 amide bonds. The maximum Gasteiger partial charge on any atom is 0.133 e. The molecule has 0 bridgehead atoms. The van der Waals surface area contributed by atoms with Gasteiger partial charge in [-0.1, -0.05) is 24.3 Å². The van der Waals surface area contributed by atoms with E-state index < -0.39 is 0 Å². The van der Waals surface area contributed by atoms with Crippen LogP contribution in [0.5, 0.6) is 0 Å². The molecule has 1 atom stereocenters. The van der Waals surface area contributed by atoms with Gasteiger partial charge in [-0.3, -0.25) is 0 Å². The lowest BCUT2D eigenvalue weighted by Crippen LogP contribution is -2.13. The van der Waals surface area contributed by atoms with Gasteiger partial charge in [0, 0.05) is 24.7 Å². The maximum absolute atomic E-state index is 5.62. The van der Waals surface area contributed by atoms with E-state index in [4.69, 9.17) is 4.74 Å². The summed E-state index contributed by atoms with van der Waals surface area (Å²) in [4.78, 5) is 4.42. The van der Waals surface area contributed by atoms with Gasteiger partial charge < -0.3 is 10.1 Å². The third-order valence-electron chi connectivity index (χ3n) is 3.46. The highest BCUT2D eigenvalue weighted by atomic mass is 16.5. The third kappa shape index (κ3) is 2.46. The molecule has 1 aliphatic heterocycles. The van der Waals surface area contributed by atoms with Crippen molar-refractivity contribution in [3.8, 4) is 0 Å². The molecule has 1 aliphatic rings. The molecule has 1 aromatic heterocycles. The molecule has 3 heteroatoms. The first-order valence-electron chi connectivity index (χ1n) is 6.63. The fourth-order valence-electron chi connectivity index (χ4n) is 2.48. The number of rotatable bonds is 4. The minimum absolute atomic E-state index is 0.437. The summed E-state index contributed by atoms with van der Waals surface area (Å²) in [6.07, 6.45) is 5.76. The van der Waals surface area contributed by atoms with Crippen molar-refractivity contribution in [3.05, 3.63) is 36.5 Å². The van der Waals surface area contributed by atoms with Gasteiger partial charge in [0.15, 0.2) is 0 Å². The van der Waals surface area contributed by atoms with Gasteiger partial charge in [-0.2, -0.15) is 0 Å². The van der Waals surface area contributed by atoms with E-state index in [2.05, 4.69) is 34.6 Å². The quantitative estimate of drug-likeness (QED) is 0.894. The van der Waals surface area contributed by atoms with Crippen LogP contribution in [-0.2, 0) is 4.74 Å². The van der Waals surface area contributed by atoms with Crippen molar-refractivity contribution in [2.45, 2.75) is 25.4 Å². The SMILES string of the molecule is c1ccc2c(NCCC3CCCO3)nccc2c1. The van der Waals surface area contributed by atoms with Crippen molar-refractivity contribution in [3.63, 3.8) is 0 Å². The molecule has 0 saturated carbocycles. The topological polar surface area (TPSA) is 34.1 Å². The van der Waals surface area contributed by atoms with Crippen LogP contribution in [0, 0.1) is 0 Å². The Morgan fingerprint density at radius 2 is 2.22 bits per heavy atom. The lowest BCUT2D eigenvalue weighted by molar-refractivity contribution is 0.107. The normalized spacial score (nSPS) is 19.2. The van der Waals surface area contributed by atoms with E-state index in [1.807, 2.05) is 12.3 Å².